The minimum absolute atomic E-state index is 0.788. The third-order valence-electron chi connectivity index (χ3n) is 4.72. The maximum atomic E-state index is 5.31. The van der Waals surface area contributed by atoms with E-state index in [1.54, 1.807) is 21.3 Å². The number of aryl methyl sites for hydroxylation is 1. The van der Waals surface area contributed by atoms with E-state index < -0.39 is 5.97 Å². The summed E-state index contributed by atoms with van der Waals surface area (Å²) in [6.45, 7) is 0. The van der Waals surface area contributed by atoms with E-state index in [-0.39, 0.29) is 0 Å². The van der Waals surface area contributed by atoms with Crippen molar-refractivity contribution in [2.24, 2.45) is 0 Å². The highest BCUT2D eigenvalue weighted by Crippen LogP contribution is 2.21. The van der Waals surface area contributed by atoms with Gasteiger partial charge < -0.3 is 14.2 Å². The summed E-state index contributed by atoms with van der Waals surface area (Å²) in [4.78, 5) is 0. The molecule has 0 saturated carbocycles. The summed E-state index contributed by atoms with van der Waals surface area (Å²) in [5.74, 6) is -0.848. The Labute approximate surface area is 148 Å². The van der Waals surface area contributed by atoms with E-state index in [0.717, 1.165) is 12.8 Å². The predicted molar refractivity (Wildman–Crippen MR) is 100 cm³/mol. The fraction of sp³-hybridized carbons (Fsp3) is 0.714. The van der Waals surface area contributed by atoms with Gasteiger partial charge in [0, 0.05) is 27.8 Å². The highest BCUT2D eigenvalue weighted by Gasteiger charge is 2.28. The Morgan fingerprint density at radius 1 is 0.625 bits per heavy atom. The topological polar surface area (TPSA) is 27.7 Å². The molecular formula is C21H36O3. The van der Waals surface area contributed by atoms with Crippen LogP contribution < -0.4 is 0 Å². The average Bonchev–Trinajstić information content (AvgIpc) is 2.64. The number of benzene rings is 1. The van der Waals surface area contributed by atoms with Crippen LogP contribution in [0.3, 0.4) is 0 Å². The monoisotopic (exact) mass is 336 g/mol. The molecule has 0 aliphatic heterocycles. The number of unbranched alkanes of at least 4 members (excludes halogenated alkanes) is 8. The van der Waals surface area contributed by atoms with Crippen LogP contribution >= 0.6 is 0 Å². The van der Waals surface area contributed by atoms with Crippen molar-refractivity contribution in [3.8, 4) is 0 Å². The molecule has 0 aliphatic rings. The van der Waals surface area contributed by atoms with Gasteiger partial charge in [0.2, 0.25) is 0 Å². The summed E-state index contributed by atoms with van der Waals surface area (Å²) < 4.78 is 15.9. The lowest BCUT2D eigenvalue weighted by Gasteiger charge is -2.28. The first-order valence-corrected chi connectivity index (χ1v) is 9.45. The van der Waals surface area contributed by atoms with Gasteiger partial charge in [0.05, 0.1) is 0 Å². The van der Waals surface area contributed by atoms with Gasteiger partial charge in [-0.2, -0.15) is 0 Å². The minimum atomic E-state index is -0.848. The number of rotatable bonds is 15. The fourth-order valence-corrected chi connectivity index (χ4v) is 3.11. The van der Waals surface area contributed by atoms with E-state index in [1.807, 2.05) is 0 Å². The third-order valence-corrected chi connectivity index (χ3v) is 4.72. The highest BCUT2D eigenvalue weighted by molar-refractivity contribution is 5.14. The second-order valence-electron chi connectivity index (χ2n) is 6.46. The zero-order valence-electron chi connectivity index (χ0n) is 15.9. The summed E-state index contributed by atoms with van der Waals surface area (Å²) in [5.41, 5.74) is 1.47. The molecule has 0 N–H and O–H groups in total. The molecule has 0 spiro atoms. The maximum Gasteiger partial charge on any atom is 0.282 e. The molecule has 0 fully saturated rings. The van der Waals surface area contributed by atoms with Crippen molar-refractivity contribution in [3.63, 3.8) is 0 Å². The van der Waals surface area contributed by atoms with Crippen molar-refractivity contribution in [2.75, 3.05) is 21.3 Å². The minimum Gasteiger partial charge on any atom is -0.331 e. The fourth-order valence-electron chi connectivity index (χ4n) is 3.11. The first-order chi connectivity index (χ1) is 11.8. The Hall–Kier alpha value is -0.900. The Kier molecular flexibility index (Phi) is 11.8. The number of hydrogen-bond acceptors (Lipinski definition) is 3. The predicted octanol–water partition coefficient (Wildman–Crippen LogP) is 5.72. The van der Waals surface area contributed by atoms with Gasteiger partial charge in [-0.1, -0.05) is 75.3 Å². The maximum absolute atomic E-state index is 5.31. The molecule has 3 nitrogen and oxygen atoms in total. The normalized spacial score (nSPS) is 11.8. The first kappa shape index (κ1) is 21.1. The van der Waals surface area contributed by atoms with Gasteiger partial charge in [-0.3, -0.25) is 0 Å². The Bertz CT molecular complexity index is 379. The molecule has 138 valence electrons. The van der Waals surface area contributed by atoms with Crippen LogP contribution in [-0.4, -0.2) is 27.3 Å². The lowest BCUT2D eigenvalue weighted by Crippen LogP contribution is -2.35. The van der Waals surface area contributed by atoms with Crippen LogP contribution in [0.25, 0.3) is 0 Å². The van der Waals surface area contributed by atoms with Crippen molar-refractivity contribution in [1.29, 1.82) is 0 Å². The van der Waals surface area contributed by atoms with Gasteiger partial charge in [0.25, 0.3) is 5.97 Å². The van der Waals surface area contributed by atoms with Gasteiger partial charge in [0.1, 0.15) is 0 Å². The summed E-state index contributed by atoms with van der Waals surface area (Å²) in [5, 5.41) is 0. The summed E-state index contributed by atoms with van der Waals surface area (Å²) >= 11 is 0. The van der Waals surface area contributed by atoms with Crippen molar-refractivity contribution in [3.05, 3.63) is 35.9 Å². The summed E-state index contributed by atoms with van der Waals surface area (Å²) in [6.07, 6.45) is 13.7. The molecule has 0 unspecified atom stereocenters. The molecule has 24 heavy (non-hydrogen) atoms. The molecule has 0 bridgehead atoms. The summed E-state index contributed by atoms with van der Waals surface area (Å²) in [6, 6.07) is 10.8. The number of hydrogen-bond donors (Lipinski definition) is 0. The standard InChI is InChI=1S/C21H36O3/c1-22-21(23-2,24-3)19-15-10-8-6-4-5-7-9-12-16-20-17-13-11-14-18-20/h11,13-14,17-18H,4-10,12,15-16,19H2,1-3H3. The second-order valence-corrected chi connectivity index (χ2v) is 6.46. The molecule has 1 aromatic carbocycles. The van der Waals surface area contributed by atoms with Gasteiger partial charge in [-0.25, -0.2) is 0 Å². The van der Waals surface area contributed by atoms with Gasteiger partial charge in [-0.05, 0) is 24.8 Å². The molecular weight excluding hydrogens is 300 g/mol. The number of methoxy groups -OCH3 is 3. The lowest BCUT2D eigenvalue weighted by atomic mass is 10.0. The molecule has 0 saturated heterocycles. The molecule has 0 aliphatic carbocycles. The Morgan fingerprint density at radius 2 is 1.08 bits per heavy atom. The molecule has 0 aromatic heterocycles. The van der Waals surface area contributed by atoms with Gasteiger partial charge in [0.15, 0.2) is 0 Å². The molecule has 1 aromatic rings. The van der Waals surface area contributed by atoms with E-state index in [4.69, 9.17) is 14.2 Å². The average molecular weight is 337 g/mol. The van der Waals surface area contributed by atoms with Gasteiger partial charge >= 0.3 is 0 Å². The largest absolute Gasteiger partial charge is 0.331 e. The van der Waals surface area contributed by atoms with Crippen molar-refractivity contribution < 1.29 is 14.2 Å². The lowest BCUT2D eigenvalue weighted by molar-refractivity contribution is -0.355. The van der Waals surface area contributed by atoms with Crippen LogP contribution in [0.1, 0.15) is 69.8 Å². The molecule has 0 amide bonds. The van der Waals surface area contributed by atoms with Crippen molar-refractivity contribution >= 4 is 0 Å². The zero-order valence-corrected chi connectivity index (χ0v) is 15.9. The Balaban J connectivity index is 1.88. The smallest absolute Gasteiger partial charge is 0.282 e. The van der Waals surface area contributed by atoms with E-state index >= 15 is 0 Å². The Morgan fingerprint density at radius 3 is 1.58 bits per heavy atom. The number of ether oxygens (including phenoxy) is 3. The van der Waals surface area contributed by atoms with Crippen LogP contribution in [0.5, 0.6) is 0 Å². The van der Waals surface area contributed by atoms with E-state index in [9.17, 15) is 0 Å². The second kappa shape index (κ2) is 13.4. The van der Waals surface area contributed by atoms with E-state index in [2.05, 4.69) is 30.3 Å². The molecule has 1 rings (SSSR count). The van der Waals surface area contributed by atoms with E-state index in [1.165, 1.54) is 63.4 Å². The van der Waals surface area contributed by atoms with Crippen molar-refractivity contribution in [1.82, 2.24) is 0 Å². The quantitative estimate of drug-likeness (QED) is 0.303. The van der Waals surface area contributed by atoms with Crippen LogP contribution in [0.4, 0.5) is 0 Å². The van der Waals surface area contributed by atoms with Crippen LogP contribution in [0.2, 0.25) is 0 Å². The zero-order chi connectivity index (χ0) is 17.5. The van der Waals surface area contributed by atoms with E-state index in [0.29, 0.717) is 0 Å². The van der Waals surface area contributed by atoms with Crippen LogP contribution in [0, 0.1) is 0 Å². The molecule has 0 atom stereocenters. The van der Waals surface area contributed by atoms with Crippen molar-refractivity contribution in [2.45, 2.75) is 76.6 Å². The SMILES string of the molecule is COC(CCCCCCCCCCCc1ccccc1)(OC)OC. The first-order valence-electron chi connectivity index (χ1n) is 9.45. The molecule has 0 radical (unpaired) electrons. The highest BCUT2D eigenvalue weighted by atomic mass is 16.9. The summed E-state index contributed by atoms with van der Waals surface area (Å²) in [7, 11) is 4.89. The van der Waals surface area contributed by atoms with Gasteiger partial charge in [-0.15, -0.1) is 0 Å². The van der Waals surface area contributed by atoms with Crippen LogP contribution in [0.15, 0.2) is 30.3 Å². The third kappa shape index (κ3) is 8.81. The molecule has 3 heteroatoms. The van der Waals surface area contributed by atoms with Crippen LogP contribution in [-0.2, 0) is 20.6 Å². The molecule has 0 heterocycles.